The van der Waals surface area contributed by atoms with Crippen LogP contribution in [-0.4, -0.2) is 59.7 Å². The van der Waals surface area contributed by atoms with Crippen molar-refractivity contribution in [1.82, 2.24) is 14.5 Å². The fourth-order valence-electron chi connectivity index (χ4n) is 7.02. The number of rotatable bonds is 6. The molecular weight excluding hydrogens is 542 g/mol. The maximum atomic E-state index is 12.7. The van der Waals surface area contributed by atoms with Gasteiger partial charge < -0.3 is 23.4 Å². The molecule has 1 saturated heterocycles. The summed E-state index contributed by atoms with van der Waals surface area (Å²) in [7, 11) is 1.42. The van der Waals surface area contributed by atoms with E-state index < -0.39 is 0 Å². The number of esters is 1. The van der Waals surface area contributed by atoms with Crippen LogP contribution in [0.15, 0.2) is 53.1 Å². The molecule has 2 aromatic heterocycles. The summed E-state index contributed by atoms with van der Waals surface area (Å²) in [6.07, 6.45) is 10.9. The first-order valence-corrected chi connectivity index (χ1v) is 15.5. The van der Waals surface area contributed by atoms with Gasteiger partial charge in [-0.15, -0.1) is 0 Å². The van der Waals surface area contributed by atoms with Gasteiger partial charge >= 0.3 is 5.97 Å². The van der Waals surface area contributed by atoms with E-state index in [0.717, 1.165) is 16.7 Å². The van der Waals surface area contributed by atoms with Crippen molar-refractivity contribution in [3.8, 4) is 11.3 Å². The molecule has 2 aromatic carbocycles. The van der Waals surface area contributed by atoms with Gasteiger partial charge in [0.1, 0.15) is 5.76 Å². The van der Waals surface area contributed by atoms with E-state index in [-0.39, 0.29) is 11.9 Å². The van der Waals surface area contributed by atoms with Gasteiger partial charge in [-0.25, -0.2) is 9.78 Å². The average molecular weight is 580 g/mol. The lowest BCUT2D eigenvalue weighted by Gasteiger charge is -2.26. The van der Waals surface area contributed by atoms with Crippen molar-refractivity contribution in [2.45, 2.75) is 57.4 Å². The Morgan fingerprint density at radius 2 is 1.86 bits per heavy atom. The van der Waals surface area contributed by atoms with Crippen LogP contribution >= 0.6 is 0 Å². The molecule has 43 heavy (non-hydrogen) atoms. The van der Waals surface area contributed by atoms with E-state index in [1.807, 2.05) is 17.0 Å². The quantitative estimate of drug-likeness (QED) is 0.243. The standard InChI is InChI=1S/C35H37N3O5/c1-41-35(40)25-11-13-29-30(20-25)38-22-26(34-36-21-27(43-34)12-14-31(39)37-15-17-42-18-16-37)19-24-9-5-6-10-28(24)33(38)32(29)23-7-3-2-4-8-23/h5-6,9-11,13,19-21,23H,2-4,7-8,12,14-18,22H2,1H3. The predicted molar refractivity (Wildman–Crippen MR) is 165 cm³/mol. The van der Waals surface area contributed by atoms with E-state index in [1.54, 1.807) is 6.20 Å². The van der Waals surface area contributed by atoms with Crippen LogP contribution in [0.1, 0.15) is 77.6 Å². The number of carbonyl (C=O) groups excluding carboxylic acids is 2. The highest BCUT2D eigenvalue weighted by Crippen LogP contribution is 2.47. The minimum atomic E-state index is -0.342. The summed E-state index contributed by atoms with van der Waals surface area (Å²) in [6.45, 7) is 3.01. The maximum Gasteiger partial charge on any atom is 0.337 e. The van der Waals surface area contributed by atoms with Crippen LogP contribution in [0.5, 0.6) is 0 Å². The summed E-state index contributed by atoms with van der Waals surface area (Å²) >= 11 is 0. The Morgan fingerprint density at radius 1 is 1.05 bits per heavy atom. The Bertz CT molecular complexity index is 1700. The highest BCUT2D eigenvalue weighted by atomic mass is 16.5. The second kappa shape index (κ2) is 11.8. The number of nitrogens with zero attached hydrogens (tertiary/aromatic N) is 3. The van der Waals surface area contributed by atoms with E-state index in [1.165, 1.54) is 61.4 Å². The first-order chi connectivity index (χ1) is 21.1. The van der Waals surface area contributed by atoms with Gasteiger partial charge in [-0.2, -0.15) is 0 Å². The number of aromatic nitrogens is 2. The number of methoxy groups -OCH3 is 1. The third-order valence-corrected chi connectivity index (χ3v) is 9.19. The number of aryl methyl sites for hydroxylation is 1. The highest BCUT2D eigenvalue weighted by molar-refractivity contribution is 6.01. The highest BCUT2D eigenvalue weighted by Gasteiger charge is 2.30. The number of carbonyl (C=O) groups is 2. The fraction of sp³-hybridized carbons (Fsp3) is 0.400. The summed E-state index contributed by atoms with van der Waals surface area (Å²) in [5.41, 5.74) is 7.40. The van der Waals surface area contributed by atoms with Crippen LogP contribution in [0.25, 0.3) is 33.8 Å². The molecule has 7 rings (SSSR count). The molecule has 2 fully saturated rings. The van der Waals surface area contributed by atoms with Crippen LogP contribution in [0.4, 0.5) is 0 Å². The van der Waals surface area contributed by atoms with Gasteiger partial charge in [0.2, 0.25) is 11.8 Å². The van der Waals surface area contributed by atoms with Crippen molar-refractivity contribution in [3.63, 3.8) is 0 Å². The number of oxazole rings is 1. The van der Waals surface area contributed by atoms with Crippen LogP contribution < -0.4 is 0 Å². The van der Waals surface area contributed by atoms with Crippen LogP contribution in [-0.2, 0) is 27.2 Å². The zero-order chi connectivity index (χ0) is 29.3. The second-order valence-electron chi connectivity index (χ2n) is 11.8. The number of ether oxygens (including phenoxy) is 2. The summed E-state index contributed by atoms with van der Waals surface area (Å²) in [6, 6.07) is 14.5. The van der Waals surface area contributed by atoms with E-state index in [2.05, 4.69) is 46.0 Å². The number of allylic oxidation sites excluding steroid dienone is 1. The van der Waals surface area contributed by atoms with Crippen molar-refractivity contribution in [2.24, 2.45) is 0 Å². The summed E-state index contributed by atoms with van der Waals surface area (Å²) in [4.78, 5) is 31.9. The van der Waals surface area contributed by atoms with Crippen molar-refractivity contribution in [1.29, 1.82) is 0 Å². The number of hydrogen-bond donors (Lipinski definition) is 0. The molecule has 2 aliphatic heterocycles. The van der Waals surface area contributed by atoms with Gasteiger partial charge in [0.15, 0.2) is 0 Å². The average Bonchev–Trinajstić information content (AvgIpc) is 3.62. The largest absolute Gasteiger partial charge is 0.465 e. The summed E-state index contributed by atoms with van der Waals surface area (Å²) < 4.78 is 19.1. The zero-order valence-electron chi connectivity index (χ0n) is 24.6. The predicted octanol–water partition coefficient (Wildman–Crippen LogP) is 6.48. The van der Waals surface area contributed by atoms with E-state index in [4.69, 9.17) is 13.9 Å². The number of hydrogen-bond acceptors (Lipinski definition) is 6. The number of morpholine rings is 1. The van der Waals surface area contributed by atoms with Crippen molar-refractivity contribution < 1.29 is 23.5 Å². The van der Waals surface area contributed by atoms with Crippen LogP contribution in [0.2, 0.25) is 0 Å². The Hall–Kier alpha value is -4.17. The fourth-order valence-corrected chi connectivity index (χ4v) is 7.02. The van der Waals surface area contributed by atoms with Gasteiger partial charge in [-0.05, 0) is 48.1 Å². The van der Waals surface area contributed by atoms with Gasteiger partial charge in [0, 0.05) is 48.0 Å². The summed E-state index contributed by atoms with van der Waals surface area (Å²) in [5, 5.41) is 1.19. The molecule has 1 aliphatic carbocycles. The molecule has 1 saturated carbocycles. The van der Waals surface area contributed by atoms with E-state index >= 15 is 0 Å². The monoisotopic (exact) mass is 579 g/mol. The first-order valence-electron chi connectivity index (χ1n) is 15.5. The maximum absolute atomic E-state index is 12.7. The zero-order valence-corrected chi connectivity index (χ0v) is 24.6. The van der Waals surface area contributed by atoms with E-state index in [9.17, 15) is 9.59 Å². The third-order valence-electron chi connectivity index (χ3n) is 9.19. The summed E-state index contributed by atoms with van der Waals surface area (Å²) in [5.74, 6) is 1.49. The van der Waals surface area contributed by atoms with Crippen molar-refractivity contribution >= 4 is 34.4 Å². The molecule has 4 heterocycles. The molecule has 4 aromatic rings. The molecule has 0 unspecified atom stereocenters. The number of amides is 1. The Morgan fingerprint density at radius 3 is 2.67 bits per heavy atom. The Balaban J connectivity index is 1.28. The molecule has 1 amide bonds. The van der Waals surface area contributed by atoms with Crippen molar-refractivity contribution in [3.05, 3.63) is 77.0 Å². The SMILES string of the molecule is COC(=O)c1ccc2c(C3CCCCC3)c3n(c2c1)CC(c1ncc(CCC(=O)N2CCOCC2)o1)=Cc1ccccc1-3. The van der Waals surface area contributed by atoms with Gasteiger partial charge in [0.05, 0.1) is 44.3 Å². The second-order valence-corrected chi connectivity index (χ2v) is 11.8. The minimum absolute atomic E-state index is 0.115. The van der Waals surface area contributed by atoms with Crippen molar-refractivity contribution in [2.75, 3.05) is 33.4 Å². The van der Waals surface area contributed by atoms with Gasteiger partial charge in [0.25, 0.3) is 0 Å². The lowest BCUT2D eigenvalue weighted by Crippen LogP contribution is -2.40. The third kappa shape index (κ3) is 5.29. The molecule has 8 nitrogen and oxygen atoms in total. The topological polar surface area (TPSA) is 86.8 Å². The number of benzene rings is 2. The van der Waals surface area contributed by atoms with E-state index in [0.29, 0.717) is 68.8 Å². The van der Waals surface area contributed by atoms with Gasteiger partial charge in [-0.3, -0.25) is 4.79 Å². The molecule has 0 radical (unpaired) electrons. The Kier molecular flexibility index (Phi) is 7.61. The minimum Gasteiger partial charge on any atom is -0.465 e. The molecular formula is C35H37N3O5. The molecule has 8 heteroatoms. The van der Waals surface area contributed by atoms with Gasteiger partial charge in [-0.1, -0.05) is 49.6 Å². The lowest BCUT2D eigenvalue weighted by atomic mass is 9.81. The molecule has 3 aliphatic rings. The number of fused-ring (bicyclic) bond motifs is 5. The normalized spacial score (nSPS) is 17.2. The smallest absolute Gasteiger partial charge is 0.337 e. The van der Waals surface area contributed by atoms with Crippen LogP contribution in [0, 0.1) is 0 Å². The molecule has 0 N–H and O–H groups in total. The Labute approximate surface area is 251 Å². The van der Waals surface area contributed by atoms with Crippen LogP contribution in [0.3, 0.4) is 0 Å². The molecule has 0 spiro atoms. The lowest BCUT2D eigenvalue weighted by molar-refractivity contribution is -0.135. The molecule has 0 atom stereocenters. The molecule has 222 valence electrons. The molecule has 0 bridgehead atoms. The first kappa shape index (κ1) is 27.7.